The van der Waals surface area contributed by atoms with Gasteiger partial charge in [-0.3, -0.25) is 0 Å². The number of halogens is 6. The Morgan fingerprint density at radius 3 is 2.06 bits per heavy atom. The molecule has 0 fully saturated rings. The summed E-state index contributed by atoms with van der Waals surface area (Å²) in [5, 5.41) is 0. The summed E-state index contributed by atoms with van der Waals surface area (Å²) in [6.07, 6.45) is -9.12. The summed E-state index contributed by atoms with van der Waals surface area (Å²) in [4.78, 5) is 0. The maximum absolute atomic E-state index is 12.4. The highest BCUT2D eigenvalue weighted by atomic mass is 19.4. The molecule has 0 spiro atoms. The van der Waals surface area contributed by atoms with Crippen LogP contribution in [0.1, 0.15) is 26.2 Å². The van der Waals surface area contributed by atoms with Crippen molar-refractivity contribution in [3.8, 4) is 0 Å². The molecule has 0 aromatic rings. The third-order valence-corrected chi connectivity index (χ3v) is 2.82. The van der Waals surface area contributed by atoms with Crippen LogP contribution in [0.25, 0.3) is 0 Å². The Morgan fingerprint density at radius 2 is 1.69 bits per heavy atom. The van der Waals surface area contributed by atoms with Crippen molar-refractivity contribution in [2.24, 2.45) is 11.8 Å². The molecule has 2 unspecified atom stereocenters. The maximum Gasteiger partial charge on any atom is 0.395 e. The van der Waals surface area contributed by atoms with E-state index in [2.05, 4.69) is 0 Å². The molecule has 0 saturated carbocycles. The van der Waals surface area contributed by atoms with Gasteiger partial charge in [-0.2, -0.15) is 26.3 Å². The van der Waals surface area contributed by atoms with Crippen molar-refractivity contribution < 1.29 is 26.3 Å². The number of rotatable bonds is 1. The third-order valence-electron chi connectivity index (χ3n) is 2.82. The summed E-state index contributed by atoms with van der Waals surface area (Å²) in [5.74, 6) is -3.82. The van der Waals surface area contributed by atoms with Gasteiger partial charge >= 0.3 is 12.4 Å². The summed E-state index contributed by atoms with van der Waals surface area (Å²) < 4.78 is 74.5. The third kappa shape index (κ3) is 3.15. The zero-order valence-corrected chi connectivity index (χ0v) is 8.62. The Hall–Kier alpha value is -0.680. The molecule has 1 aliphatic rings. The van der Waals surface area contributed by atoms with Crippen LogP contribution < -0.4 is 0 Å². The van der Waals surface area contributed by atoms with E-state index in [0.29, 0.717) is 0 Å². The van der Waals surface area contributed by atoms with E-state index in [0.717, 1.165) is 6.08 Å². The first-order valence-corrected chi connectivity index (χ1v) is 4.97. The van der Waals surface area contributed by atoms with E-state index in [1.54, 1.807) is 6.92 Å². The van der Waals surface area contributed by atoms with E-state index >= 15 is 0 Å². The van der Waals surface area contributed by atoms with Gasteiger partial charge in [-0.15, -0.1) is 0 Å². The fourth-order valence-corrected chi connectivity index (χ4v) is 1.87. The van der Waals surface area contributed by atoms with E-state index in [-0.39, 0.29) is 18.4 Å². The predicted molar refractivity (Wildman–Crippen MR) is 46.7 cm³/mol. The molecule has 16 heavy (non-hydrogen) atoms. The van der Waals surface area contributed by atoms with Crippen LogP contribution in [-0.4, -0.2) is 12.4 Å². The summed E-state index contributed by atoms with van der Waals surface area (Å²) >= 11 is 0. The quantitative estimate of drug-likeness (QED) is 0.473. The van der Waals surface area contributed by atoms with Gasteiger partial charge < -0.3 is 0 Å². The highest BCUT2D eigenvalue weighted by molar-refractivity contribution is 5.11. The van der Waals surface area contributed by atoms with Crippen molar-refractivity contribution in [3.63, 3.8) is 0 Å². The second-order valence-electron chi connectivity index (χ2n) is 4.00. The molecule has 0 aromatic heterocycles. The first-order chi connectivity index (χ1) is 7.14. The Balaban J connectivity index is 2.90. The van der Waals surface area contributed by atoms with Gasteiger partial charge in [-0.1, -0.05) is 18.6 Å². The highest BCUT2D eigenvalue weighted by Crippen LogP contribution is 2.45. The van der Waals surface area contributed by atoms with E-state index in [4.69, 9.17) is 0 Å². The molecule has 0 N–H and O–H groups in total. The number of hydrogen-bond donors (Lipinski definition) is 0. The first kappa shape index (κ1) is 13.4. The lowest BCUT2D eigenvalue weighted by molar-refractivity contribution is -0.205. The van der Waals surface area contributed by atoms with Crippen LogP contribution in [0.2, 0.25) is 0 Å². The molecule has 0 amide bonds. The van der Waals surface area contributed by atoms with Gasteiger partial charge in [-0.25, -0.2) is 0 Å². The Labute approximate surface area is 89.3 Å². The van der Waals surface area contributed by atoms with Crippen LogP contribution >= 0.6 is 0 Å². The van der Waals surface area contributed by atoms with Gasteiger partial charge in [0.15, 0.2) is 0 Å². The predicted octanol–water partition coefficient (Wildman–Crippen LogP) is 4.47. The zero-order chi connectivity index (χ0) is 12.6. The van der Waals surface area contributed by atoms with Gasteiger partial charge in [0.05, 0.1) is 11.8 Å². The number of allylic oxidation sites excluding steroid dienone is 2. The average Bonchev–Trinajstić information content (AvgIpc) is 2.14. The fraction of sp³-hybridized carbons (Fsp3) is 0.800. The number of alkyl halides is 6. The second-order valence-corrected chi connectivity index (χ2v) is 4.00. The SMILES string of the molecule is CCC1=CC(C(F)(F)F)CC(C(F)(F)F)C1. The van der Waals surface area contributed by atoms with Crippen LogP contribution in [0, 0.1) is 11.8 Å². The average molecular weight is 246 g/mol. The molecule has 0 aromatic carbocycles. The van der Waals surface area contributed by atoms with Gasteiger partial charge in [-0.05, 0) is 19.3 Å². The molecule has 94 valence electrons. The van der Waals surface area contributed by atoms with Crippen LogP contribution in [0.5, 0.6) is 0 Å². The van der Waals surface area contributed by atoms with Gasteiger partial charge in [0.2, 0.25) is 0 Å². The molecule has 1 aliphatic carbocycles. The van der Waals surface area contributed by atoms with Gasteiger partial charge in [0, 0.05) is 0 Å². The van der Waals surface area contributed by atoms with E-state index in [1.165, 1.54) is 0 Å². The minimum Gasteiger partial charge on any atom is -0.171 e. The highest BCUT2D eigenvalue weighted by Gasteiger charge is 2.48. The van der Waals surface area contributed by atoms with Crippen molar-refractivity contribution >= 4 is 0 Å². The molecule has 0 saturated heterocycles. The van der Waals surface area contributed by atoms with Crippen molar-refractivity contribution in [1.82, 2.24) is 0 Å². The Kier molecular flexibility index (Phi) is 3.59. The summed E-state index contributed by atoms with van der Waals surface area (Å²) in [5.41, 5.74) is 0.246. The molecule has 1 rings (SSSR count). The summed E-state index contributed by atoms with van der Waals surface area (Å²) in [6, 6.07) is 0. The largest absolute Gasteiger partial charge is 0.395 e. The Morgan fingerprint density at radius 1 is 1.12 bits per heavy atom. The van der Waals surface area contributed by atoms with Crippen LogP contribution in [-0.2, 0) is 0 Å². The Bertz CT molecular complexity index is 272. The van der Waals surface area contributed by atoms with E-state index in [1.807, 2.05) is 0 Å². The minimum absolute atomic E-state index is 0.235. The van der Waals surface area contributed by atoms with Crippen LogP contribution in [0.4, 0.5) is 26.3 Å². The summed E-state index contributed by atoms with van der Waals surface area (Å²) in [6.45, 7) is 1.57. The van der Waals surface area contributed by atoms with E-state index < -0.39 is 30.6 Å². The van der Waals surface area contributed by atoms with Crippen LogP contribution in [0.3, 0.4) is 0 Å². The number of hydrogen-bond acceptors (Lipinski definition) is 0. The standard InChI is InChI=1S/C10H12F6/c1-2-6-3-7(9(11,12)13)5-8(4-6)10(14,15)16/h3,7-8H,2,4-5H2,1H3. The topological polar surface area (TPSA) is 0 Å². The molecule has 0 bridgehead atoms. The molecule has 2 atom stereocenters. The fourth-order valence-electron chi connectivity index (χ4n) is 1.87. The van der Waals surface area contributed by atoms with Gasteiger partial charge in [0.1, 0.15) is 0 Å². The van der Waals surface area contributed by atoms with E-state index in [9.17, 15) is 26.3 Å². The molecule has 0 aliphatic heterocycles. The molecule has 6 heteroatoms. The smallest absolute Gasteiger partial charge is 0.171 e. The second kappa shape index (κ2) is 4.30. The lowest BCUT2D eigenvalue weighted by atomic mass is 9.81. The molecular weight excluding hydrogens is 234 g/mol. The summed E-state index contributed by atoms with van der Waals surface area (Å²) in [7, 11) is 0. The molecule has 0 radical (unpaired) electrons. The molecular formula is C10H12F6. The lowest BCUT2D eigenvalue weighted by Crippen LogP contribution is -2.33. The monoisotopic (exact) mass is 246 g/mol. The van der Waals surface area contributed by atoms with Crippen molar-refractivity contribution in [1.29, 1.82) is 0 Å². The maximum atomic E-state index is 12.4. The van der Waals surface area contributed by atoms with Crippen molar-refractivity contribution in [2.75, 3.05) is 0 Å². The minimum atomic E-state index is -4.58. The van der Waals surface area contributed by atoms with Gasteiger partial charge in [0.25, 0.3) is 0 Å². The molecule has 0 heterocycles. The van der Waals surface area contributed by atoms with Crippen molar-refractivity contribution in [3.05, 3.63) is 11.6 Å². The van der Waals surface area contributed by atoms with Crippen LogP contribution in [0.15, 0.2) is 11.6 Å². The molecule has 0 nitrogen and oxygen atoms in total. The lowest BCUT2D eigenvalue weighted by Gasteiger charge is -2.30. The van der Waals surface area contributed by atoms with Crippen molar-refractivity contribution in [2.45, 2.75) is 38.5 Å². The normalized spacial score (nSPS) is 27.8. The zero-order valence-electron chi connectivity index (χ0n) is 8.62. The first-order valence-electron chi connectivity index (χ1n) is 4.97.